The maximum atomic E-state index is 5.74. The van der Waals surface area contributed by atoms with Gasteiger partial charge in [0.05, 0.1) is 18.8 Å². The zero-order valence-electron chi connectivity index (χ0n) is 16.3. The van der Waals surface area contributed by atoms with Gasteiger partial charge in [0.1, 0.15) is 18.1 Å². The number of aryl methyl sites for hydroxylation is 3. The molecule has 2 N–H and O–H groups in total. The number of hydrogen-bond acceptors (Lipinski definition) is 4. The summed E-state index contributed by atoms with van der Waals surface area (Å²) in [6.07, 6.45) is 1.68. The second kappa shape index (κ2) is 10.5. The SMILES string of the molecule is CCNC(=NCc1c(CC)noc1CC)NCCOc1ccc(C)cc1. The minimum atomic E-state index is 0.560. The number of rotatable bonds is 9. The predicted molar refractivity (Wildman–Crippen MR) is 105 cm³/mol. The van der Waals surface area contributed by atoms with E-state index >= 15 is 0 Å². The van der Waals surface area contributed by atoms with Gasteiger partial charge in [-0.15, -0.1) is 0 Å². The van der Waals surface area contributed by atoms with Crippen LogP contribution in [0.25, 0.3) is 0 Å². The van der Waals surface area contributed by atoms with Crippen molar-refractivity contribution in [2.24, 2.45) is 4.99 Å². The van der Waals surface area contributed by atoms with Gasteiger partial charge in [0.2, 0.25) is 0 Å². The Morgan fingerprint density at radius 1 is 1.12 bits per heavy atom. The minimum absolute atomic E-state index is 0.560. The van der Waals surface area contributed by atoms with Crippen LogP contribution < -0.4 is 15.4 Å². The van der Waals surface area contributed by atoms with E-state index in [1.54, 1.807) is 0 Å². The molecule has 2 aromatic rings. The van der Waals surface area contributed by atoms with Crippen molar-refractivity contribution in [2.45, 2.75) is 47.1 Å². The van der Waals surface area contributed by atoms with Gasteiger partial charge in [-0.05, 0) is 32.4 Å². The summed E-state index contributed by atoms with van der Waals surface area (Å²) in [5.74, 6) is 2.57. The molecule has 2 rings (SSSR count). The number of aliphatic imine (C=N–C) groups is 1. The van der Waals surface area contributed by atoms with Gasteiger partial charge in [-0.1, -0.05) is 36.7 Å². The summed E-state index contributed by atoms with van der Waals surface area (Å²) in [6.45, 7) is 10.9. The predicted octanol–water partition coefficient (Wildman–Crippen LogP) is 3.24. The molecule has 0 atom stereocenters. The van der Waals surface area contributed by atoms with E-state index in [4.69, 9.17) is 9.26 Å². The van der Waals surface area contributed by atoms with Crippen LogP contribution >= 0.6 is 0 Å². The minimum Gasteiger partial charge on any atom is -0.492 e. The molecule has 1 aromatic heterocycles. The van der Waals surface area contributed by atoms with Crippen molar-refractivity contribution in [1.82, 2.24) is 15.8 Å². The van der Waals surface area contributed by atoms with Crippen molar-refractivity contribution in [1.29, 1.82) is 0 Å². The van der Waals surface area contributed by atoms with Crippen LogP contribution in [0.5, 0.6) is 5.75 Å². The van der Waals surface area contributed by atoms with Gasteiger partial charge in [-0.25, -0.2) is 4.99 Å². The summed E-state index contributed by atoms with van der Waals surface area (Å²) in [4.78, 5) is 4.67. The zero-order chi connectivity index (χ0) is 18.8. The molecule has 6 nitrogen and oxygen atoms in total. The molecule has 0 aliphatic heterocycles. The van der Waals surface area contributed by atoms with Crippen LogP contribution in [0.2, 0.25) is 0 Å². The number of benzene rings is 1. The smallest absolute Gasteiger partial charge is 0.191 e. The van der Waals surface area contributed by atoms with E-state index in [0.29, 0.717) is 19.7 Å². The Morgan fingerprint density at radius 3 is 2.54 bits per heavy atom. The third-order valence-electron chi connectivity index (χ3n) is 4.03. The first kappa shape index (κ1) is 19.8. The lowest BCUT2D eigenvalue weighted by Gasteiger charge is -2.12. The summed E-state index contributed by atoms with van der Waals surface area (Å²) >= 11 is 0. The summed E-state index contributed by atoms with van der Waals surface area (Å²) < 4.78 is 11.1. The fourth-order valence-electron chi connectivity index (χ4n) is 2.59. The number of guanidine groups is 1. The number of nitrogens with one attached hydrogen (secondary N) is 2. The molecule has 0 amide bonds. The normalized spacial score (nSPS) is 11.5. The lowest BCUT2D eigenvalue weighted by atomic mass is 10.1. The maximum Gasteiger partial charge on any atom is 0.191 e. The van der Waals surface area contributed by atoms with E-state index in [-0.39, 0.29) is 0 Å². The quantitative estimate of drug-likeness (QED) is 0.409. The molecule has 0 aliphatic rings. The van der Waals surface area contributed by atoms with Crippen molar-refractivity contribution >= 4 is 5.96 Å². The van der Waals surface area contributed by atoms with E-state index < -0.39 is 0 Å². The highest BCUT2D eigenvalue weighted by molar-refractivity contribution is 5.79. The van der Waals surface area contributed by atoms with Gasteiger partial charge in [0, 0.05) is 18.5 Å². The fourth-order valence-corrected chi connectivity index (χ4v) is 2.59. The van der Waals surface area contributed by atoms with Gasteiger partial charge in [-0.3, -0.25) is 0 Å². The van der Waals surface area contributed by atoms with E-state index in [0.717, 1.165) is 48.1 Å². The molecule has 0 fully saturated rings. The van der Waals surface area contributed by atoms with E-state index in [9.17, 15) is 0 Å². The highest BCUT2D eigenvalue weighted by atomic mass is 16.5. The molecule has 1 heterocycles. The summed E-state index contributed by atoms with van der Waals surface area (Å²) in [7, 11) is 0. The first-order valence-corrected chi connectivity index (χ1v) is 9.35. The largest absolute Gasteiger partial charge is 0.492 e. The van der Waals surface area contributed by atoms with Crippen molar-refractivity contribution in [3.8, 4) is 5.75 Å². The fraction of sp³-hybridized carbons (Fsp3) is 0.500. The Kier molecular flexibility index (Phi) is 7.99. The molecule has 0 saturated heterocycles. The maximum absolute atomic E-state index is 5.74. The molecule has 0 spiro atoms. The first-order valence-electron chi connectivity index (χ1n) is 9.35. The van der Waals surface area contributed by atoms with Crippen molar-refractivity contribution in [3.63, 3.8) is 0 Å². The van der Waals surface area contributed by atoms with Crippen LogP contribution in [-0.2, 0) is 19.4 Å². The monoisotopic (exact) mass is 358 g/mol. The third-order valence-corrected chi connectivity index (χ3v) is 4.03. The van der Waals surface area contributed by atoms with E-state index in [2.05, 4.69) is 41.6 Å². The molecular formula is C20H30N4O2. The molecule has 142 valence electrons. The lowest BCUT2D eigenvalue weighted by molar-refractivity contribution is 0.322. The van der Waals surface area contributed by atoms with Gasteiger partial charge >= 0.3 is 0 Å². The van der Waals surface area contributed by atoms with Crippen LogP contribution in [0.4, 0.5) is 0 Å². The molecule has 6 heteroatoms. The van der Waals surface area contributed by atoms with Gasteiger partial charge in [0.25, 0.3) is 0 Å². The molecule has 0 unspecified atom stereocenters. The van der Waals surface area contributed by atoms with Crippen molar-refractivity contribution in [2.75, 3.05) is 19.7 Å². The summed E-state index contributed by atoms with van der Waals surface area (Å²) in [6, 6.07) is 8.06. The third kappa shape index (κ3) is 5.79. The lowest BCUT2D eigenvalue weighted by Crippen LogP contribution is -2.39. The summed E-state index contributed by atoms with van der Waals surface area (Å²) in [5, 5.41) is 10.7. The summed E-state index contributed by atoms with van der Waals surface area (Å²) in [5.41, 5.74) is 3.32. The average Bonchev–Trinajstić information content (AvgIpc) is 3.06. The van der Waals surface area contributed by atoms with E-state index in [1.807, 2.05) is 31.2 Å². The number of nitrogens with zero attached hydrogens (tertiary/aromatic N) is 2. The van der Waals surface area contributed by atoms with Crippen molar-refractivity contribution in [3.05, 3.63) is 46.8 Å². The number of aromatic nitrogens is 1. The Morgan fingerprint density at radius 2 is 1.88 bits per heavy atom. The molecule has 0 saturated carbocycles. The van der Waals surface area contributed by atoms with Gasteiger partial charge in [-0.2, -0.15) is 0 Å². The highest BCUT2D eigenvalue weighted by Crippen LogP contribution is 2.16. The van der Waals surface area contributed by atoms with Crippen molar-refractivity contribution < 1.29 is 9.26 Å². The van der Waals surface area contributed by atoms with Gasteiger partial charge < -0.3 is 19.9 Å². The topological polar surface area (TPSA) is 71.7 Å². The van der Waals surface area contributed by atoms with Crippen LogP contribution in [0.1, 0.15) is 43.4 Å². The van der Waals surface area contributed by atoms with Crippen LogP contribution in [0.15, 0.2) is 33.8 Å². The average molecular weight is 358 g/mol. The van der Waals surface area contributed by atoms with E-state index in [1.165, 1.54) is 5.56 Å². The Hall–Kier alpha value is -2.50. The highest BCUT2D eigenvalue weighted by Gasteiger charge is 2.13. The molecule has 0 radical (unpaired) electrons. The molecule has 0 aliphatic carbocycles. The Labute approximate surface area is 156 Å². The second-order valence-electron chi connectivity index (χ2n) is 6.02. The Bertz CT molecular complexity index is 671. The molecular weight excluding hydrogens is 328 g/mol. The molecule has 1 aromatic carbocycles. The number of hydrogen-bond donors (Lipinski definition) is 2. The second-order valence-corrected chi connectivity index (χ2v) is 6.02. The van der Waals surface area contributed by atoms with Crippen LogP contribution in [0, 0.1) is 6.92 Å². The number of ether oxygens (including phenoxy) is 1. The zero-order valence-corrected chi connectivity index (χ0v) is 16.3. The standard InChI is InChI=1S/C20H30N4O2/c1-5-18-17(19(6-2)26-24-18)14-23-20(21-7-3)22-12-13-25-16-10-8-15(4)9-11-16/h8-11H,5-7,12-14H2,1-4H3,(H2,21,22,23). The van der Waals surface area contributed by atoms with Crippen LogP contribution in [0.3, 0.4) is 0 Å². The molecule has 26 heavy (non-hydrogen) atoms. The molecule has 0 bridgehead atoms. The van der Waals surface area contributed by atoms with Crippen LogP contribution in [-0.4, -0.2) is 30.8 Å². The first-order chi connectivity index (χ1) is 12.7. The Balaban J connectivity index is 1.88. The van der Waals surface area contributed by atoms with Gasteiger partial charge in [0.15, 0.2) is 5.96 Å².